The van der Waals surface area contributed by atoms with Crippen molar-refractivity contribution in [2.45, 2.75) is 45.1 Å². The van der Waals surface area contributed by atoms with Crippen molar-refractivity contribution >= 4 is 11.9 Å². The van der Waals surface area contributed by atoms with E-state index in [1.54, 1.807) is 12.1 Å². The Labute approximate surface area is 166 Å². The molecule has 1 aliphatic heterocycles. The van der Waals surface area contributed by atoms with Gasteiger partial charge in [-0.05, 0) is 37.0 Å². The van der Waals surface area contributed by atoms with E-state index in [2.05, 4.69) is 0 Å². The Kier molecular flexibility index (Phi) is 9.22. The summed E-state index contributed by atoms with van der Waals surface area (Å²) < 4.78 is 10.5. The number of hydrogen-bond donors (Lipinski definition) is 1. The van der Waals surface area contributed by atoms with E-state index >= 15 is 0 Å². The van der Waals surface area contributed by atoms with E-state index in [1.165, 1.54) is 25.0 Å². The standard InChI is InChI=1S/C19H20O4.C4H8O/c1-2-8-15(13-14-9-4-3-5-10-14)23-19(22)17-12-7-6-11-16(17)18(20)21;1-2-4-5-3-1/h3-7,9-12,15H,2,8,13H2,1H3,(H,20,21);1-4H2. The molecule has 3 rings (SSSR count). The number of carboxylic acid groups (broad SMARTS) is 1. The summed E-state index contributed by atoms with van der Waals surface area (Å²) in [6.07, 6.45) is 4.52. The molecule has 0 amide bonds. The van der Waals surface area contributed by atoms with E-state index in [9.17, 15) is 14.7 Å². The van der Waals surface area contributed by atoms with Gasteiger partial charge in [0.1, 0.15) is 6.10 Å². The average molecular weight is 384 g/mol. The molecule has 1 heterocycles. The fourth-order valence-electron chi connectivity index (χ4n) is 2.97. The van der Waals surface area contributed by atoms with Crippen molar-refractivity contribution in [3.8, 4) is 0 Å². The Morgan fingerprint density at radius 3 is 2.14 bits per heavy atom. The minimum absolute atomic E-state index is 0.0348. The highest BCUT2D eigenvalue weighted by Crippen LogP contribution is 2.16. The lowest BCUT2D eigenvalue weighted by atomic mass is 10.0. The monoisotopic (exact) mass is 384 g/mol. The van der Waals surface area contributed by atoms with Gasteiger partial charge in [-0.2, -0.15) is 0 Å². The molecule has 0 saturated carbocycles. The molecule has 5 nitrogen and oxygen atoms in total. The van der Waals surface area contributed by atoms with Crippen LogP contribution in [-0.4, -0.2) is 36.4 Å². The number of rotatable bonds is 7. The minimum atomic E-state index is -1.13. The number of benzene rings is 2. The minimum Gasteiger partial charge on any atom is -0.478 e. The van der Waals surface area contributed by atoms with Gasteiger partial charge in [0.15, 0.2) is 0 Å². The third kappa shape index (κ3) is 7.16. The van der Waals surface area contributed by atoms with Gasteiger partial charge in [0, 0.05) is 19.6 Å². The molecule has 5 heteroatoms. The second-order valence-electron chi connectivity index (χ2n) is 6.68. The Morgan fingerprint density at radius 1 is 1.00 bits per heavy atom. The summed E-state index contributed by atoms with van der Waals surface area (Å²) in [5, 5.41) is 9.18. The van der Waals surface area contributed by atoms with Crippen molar-refractivity contribution in [3.05, 3.63) is 71.3 Å². The first-order valence-corrected chi connectivity index (χ1v) is 9.76. The summed E-state index contributed by atoms with van der Waals surface area (Å²) in [7, 11) is 0. The first kappa shape index (κ1) is 21.6. The van der Waals surface area contributed by atoms with Gasteiger partial charge in [-0.15, -0.1) is 0 Å². The summed E-state index contributed by atoms with van der Waals surface area (Å²) in [4.78, 5) is 23.6. The molecule has 1 saturated heterocycles. The van der Waals surface area contributed by atoms with Gasteiger partial charge in [0.05, 0.1) is 11.1 Å². The maximum Gasteiger partial charge on any atom is 0.339 e. The van der Waals surface area contributed by atoms with Gasteiger partial charge >= 0.3 is 11.9 Å². The van der Waals surface area contributed by atoms with Gasteiger partial charge < -0.3 is 14.6 Å². The number of hydrogen-bond acceptors (Lipinski definition) is 4. The third-order valence-corrected chi connectivity index (χ3v) is 4.40. The van der Waals surface area contributed by atoms with Crippen molar-refractivity contribution in [2.24, 2.45) is 0 Å². The van der Waals surface area contributed by atoms with Crippen LogP contribution < -0.4 is 0 Å². The fraction of sp³-hybridized carbons (Fsp3) is 0.391. The predicted octanol–water partition coefficient (Wildman–Crippen LogP) is 4.75. The molecular weight excluding hydrogens is 356 g/mol. The summed E-state index contributed by atoms with van der Waals surface area (Å²) in [5.74, 6) is -1.72. The van der Waals surface area contributed by atoms with Crippen LogP contribution in [0.2, 0.25) is 0 Å². The highest BCUT2D eigenvalue weighted by Gasteiger charge is 2.20. The lowest BCUT2D eigenvalue weighted by Crippen LogP contribution is -2.22. The average Bonchev–Trinajstić information content (AvgIpc) is 3.29. The molecule has 1 atom stereocenters. The van der Waals surface area contributed by atoms with Gasteiger partial charge in [-0.1, -0.05) is 55.8 Å². The molecule has 1 fully saturated rings. The molecule has 1 N–H and O–H groups in total. The van der Waals surface area contributed by atoms with E-state index in [0.717, 1.165) is 31.6 Å². The molecule has 1 aliphatic rings. The topological polar surface area (TPSA) is 72.8 Å². The predicted molar refractivity (Wildman–Crippen MR) is 108 cm³/mol. The van der Waals surface area contributed by atoms with Crippen LogP contribution in [0.25, 0.3) is 0 Å². The molecule has 28 heavy (non-hydrogen) atoms. The van der Waals surface area contributed by atoms with Crippen molar-refractivity contribution in [2.75, 3.05) is 13.2 Å². The normalized spacial score (nSPS) is 13.9. The van der Waals surface area contributed by atoms with E-state index in [1.807, 2.05) is 37.3 Å². The largest absolute Gasteiger partial charge is 0.478 e. The first-order chi connectivity index (χ1) is 13.6. The molecule has 2 aromatic rings. The maximum atomic E-state index is 12.4. The van der Waals surface area contributed by atoms with E-state index in [-0.39, 0.29) is 17.2 Å². The number of carbonyl (C=O) groups is 2. The molecule has 0 aromatic heterocycles. The number of ether oxygens (including phenoxy) is 2. The molecule has 0 radical (unpaired) electrons. The van der Waals surface area contributed by atoms with Gasteiger partial charge in [0.25, 0.3) is 0 Å². The highest BCUT2D eigenvalue weighted by molar-refractivity contribution is 6.02. The summed E-state index contributed by atoms with van der Waals surface area (Å²) >= 11 is 0. The number of carboxylic acids is 1. The molecule has 1 unspecified atom stereocenters. The van der Waals surface area contributed by atoms with Crippen LogP contribution in [0, 0.1) is 0 Å². The zero-order chi connectivity index (χ0) is 20.2. The Bertz CT molecular complexity index is 730. The van der Waals surface area contributed by atoms with Gasteiger partial charge in [0.2, 0.25) is 0 Å². The Morgan fingerprint density at radius 2 is 1.61 bits per heavy atom. The van der Waals surface area contributed by atoms with E-state index < -0.39 is 11.9 Å². The van der Waals surface area contributed by atoms with E-state index in [4.69, 9.17) is 9.47 Å². The molecule has 2 aromatic carbocycles. The Balaban J connectivity index is 0.000000485. The van der Waals surface area contributed by atoms with Crippen LogP contribution in [0.1, 0.15) is 58.9 Å². The van der Waals surface area contributed by atoms with Crippen molar-refractivity contribution < 1.29 is 24.2 Å². The Hall–Kier alpha value is -2.66. The van der Waals surface area contributed by atoms with Crippen LogP contribution in [0.3, 0.4) is 0 Å². The summed E-state index contributed by atoms with van der Waals surface area (Å²) in [5.41, 5.74) is 1.15. The molecule has 0 spiro atoms. The van der Waals surface area contributed by atoms with Crippen molar-refractivity contribution in [1.82, 2.24) is 0 Å². The molecular formula is C23H28O5. The van der Waals surface area contributed by atoms with Crippen LogP contribution in [-0.2, 0) is 15.9 Å². The number of carbonyl (C=O) groups excluding carboxylic acids is 1. The zero-order valence-electron chi connectivity index (χ0n) is 16.3. The molecule has 0 bridgehead atoms. The van der Waals surface area contributed by atoms with E-state index in [0.29, 0.717) is 6.42 Å². The van der Waals surface area contributed by atoms with Crippen LogP contribution in [0.4, 0.5) is 0 Å². The zero-order valence-corrected chi connectivity index (χ0v) is 16.3. The smallest absolute Gasteiger partial charge is 0.339 e. The van der Waals surface area contributed by atoms with Crippen molar-refractivity contribution in [1.29, 1.82) is 0 Å². The third-order valence-electron chi connectivity index (χ3n) is 4.40. The molecule has 0 aliphatic carbocycles. The van der Waals surface area contributed by atoms with Crippen LogP contribution in [0.15, 0.2) is 54.6 Å². The summed E-state index contributed by atoms with van der Waals surface area (Å²) in [6, 6.07) is 15.9. The quantitative estimate of drug-likeness (QED) is 0.698. The maximum absolute atomic E-state index is 12.4. The number of esters is 1. The lowest BCUT2D eigenvalue weighted by Gasteiger charge is -2.18. The second kappa shape index (κ2) is 11.9. The highest BCUT2D eigenvalue weighted by atomic mass is 16.5. The van der Waals surface area contributed by atoms with Gasteiger partial charge in [-0.25, -0.2) is 9.59 Å². The fourth-order valence-corrected chi connectivity index (χ4v) is 2.97. The second-order valence-corrected chi connectivity index (χ2v) is 6.68. The SMILES string of the molecule is C1CCOC1.CCCC(Cc1ccccc1)OC(=O)c1ccccc1C(=O)O. The molecule has 150 valence electrons. The first-order valence-electron chi connectivity index (χ1n) is 9.76. The van der Waals surface area contributed by atoms with Crippen molar-refractivity contribution in [3.63, 3.8) is 0 Å². The number of aromatic carboxylic acids is 1. The van der Waals surface area contributed by atoms with Gasteiger partial charge in [-0.3, -0.25) is 0 Å². The lowest BCUT2D eigenvalue weighted by molar-refractivity contribution is 0.0276. The van der Waals surface area contributed by atoms with Crippen LogP contribution in [0.5, 0.6) is 0 Å². The van der Waals surface area contributed by atoms with Crippen LogP contribution >= 0.6 is 0 Å². The summed E-state index contributed by atoms with van der Waals surface area (Å²) in [6.45, 7) is 4.02.